The molecule has 0 aliphatic carbocycles. The van der Waals surface area contributed by atoms with E-state index >= 15 is 0 Å². The Morgan fingerprint density at radius 1 is 1.19 bits per heavy atom. The first-order chi connectivity index (χ1) is 12.1. The van der Waals surface area contributed by atoms with Crippen molar-refractivity contribution in [3.63, 3.8) is 0 Å². The second kappa shape index (κ2) is 9.89. The van der Waals surface area contributed by atoms with E-state index in [0.717, 1.165) is 35.1 Å². The highest BCUT2D eigenvalue weighted by Gasteiger charge is 2.19. The Morgan fingerprint density at radius 3 is 2.67 bits per heavy atom. The molecule has 7 nitrogen and oxygen atoms in total. The highest BCUT2D eigenvalue weighted by molar-refractivity contribution is 6.02. The number of guanidine groups is 1. The van der Waals surface area contributed by atoms with Crippen molar-refractivity contribution in [1.82, 2.24) is 14.8 Å². The average Bonchev–Trinajstić information content (AvgIpc) is 3.02. The number of aliphatic imine (C=N–C) groups is 1. The smallest absolute Gasteiger partial charge is 0.283 e. The van der Waals surface area contributed by atoms with E-state index in [0.29, 0.717) is 12.0 Å². The van der Waals surface area contributed by atoms with Gasteiger partial charge in [0.05, 0.1) is 28.7 Å². The number of unbranched alkanes of at least 4 members (excludes halogenated alkanes) is 1. The molecule has 0 aliphatic heterocycles. The zero-order chi connectivity index (χ0) is 17.8. The summed E-state index contributed by atoms with van der Waals surface area (Å²) in [6.07, 6.45) is 5.90. The van der Waals surface area contributed by atoms with E-state index in [4.69, 9.17) is 11.5 Å². The molecule has 27 heavy (non-hydrogen) atoms. The zero-order valence-electron chi connectivity index (χ0n) is 14.8. The minimum atomic E-state index is -0.476. The number of halogens is 2. The molecule has 0 radical (unpaired) electrons. The van der Waals surface area contributed by atoms with Crippen LogP contribution in [-0.2, 0) is 6.42 Å². The van der Waals surface area contributed by atoms with Gasteiger partial charge in [-0.25, -0.2) is 4.68 Å². The summed E-state index contributed by atoms with van der Waals surface area (Å²) in [5.41, 5.74) is 13.7. The molecule has 3 rings (SSSR count). The number of aromatic nitrogens is 3. The van der Waals surface area contributed by atoms with Crippen LogP contribution in [0, 0.1) is 0 Å². The first-order valence-corrected chi connectivity index (χ1v) is 8.16. The van der Waals surface area contributed by atoms with Crippen molar-refractivity contribution in [3.05, 3.63) is 54.0 Å². The molecule has 9 heteroatoms. The maximum atomic E-state index is 12.3. The molecular formula is C18H22Cl2N6O. The SMILES string of the molecule is CCCCc1c(C(=O)N=C(N)N)cnn1-c1cccc2ncccc12.Cl.Cl. The zero-order valence-corrected chi connectivity index (χ0v) is 16.5. The molecule has 1 amide bonds. The summed E-state index contributed by atoms with van der Waals surface area (Å²) in [4.78, 5) is 20.4. The number of fused-ring (bicyclic) bond motifs is 1. The number of rotatable bonds is 5. The fourth-order valence-electron chi connectivity index (χ4n) is 2.79. The van der Waals surface area contributed by atoms with Gasteiger partial charge in [0.25, 0.3) is 5.91 Å². The van der Waals surface area contributed by atoms with Crippen molar-refractivity contribution in [2.75, 3.05) is 0 Å². The molecule has 0 bridgehead atoms. The normalized spacial score (nSPS) is 9.96. The van der Waals surface area contributed by atoms with Gasteiger partial charge in [-0.15, -0.1) is 24.8 Å². The van der Waals surface area contributed by atoms with Crippen LogP contribution in [-0.4, -0.2) is 26.6 Å². The molecule has 4 N–H and O–H groups in total. The molecule has 0 saturated heterocycles. The third kappa shape index (κ3) is 4.75. The number of nitrogens with two attached hydrogens (primary N) is 2. The van der Waals surface area contributed by atoms with Crippen molar-refractivity contribution in [1.29, 1.82) is 0 Å². The summed E-state index contributed by atoms with van der Waals surface area (Å²) in [5.74, 6) is -0.732. The monoisotopic (exact) mass is 408 g/mol. The van der Waals surface area contributed by atoms with Crippen molar-refractivity contribution < 1.29 is 4.79 Å². The van der Waals surface area contributed by atoms with E-state index in [2.05, 4.69) is 22.0 Å². The Morgan fingerprint density at radius 2 is 1.96 bits per heavy atom. The molecule has 2 aromatic heterocycles. The lowest BCUT2D eigenvalue weighted by atomic mass is 10.1. The summed E-state index contributed by atoms with van der Waals surface area (Å²) in [6.45, 7) is 2.10. The van der Waals surface area contributed by atoms with Crippen LogP contribution < -0.4 is 11.5 Å². The van der Waals surface area contributed by atoms with Crippen LogP contribution in [0.15, 0.2) is 47.7 Å². The fraction of sp³-hybridized carbons (Fsp3) is 0.222. The number of nitrogens with zero attached hydrogens (tertiary/aromatic N) is 4. The molecule has 0 saturated carbocycles. The third-order valence-corrected chi connectivity index (χ3v) is 3.95. The highest BCUT2D eigenvalue weighted by Crippen LogP contribution is 2.24. The van der Waals surface area contributed by atoms with Crippen molar-refractivity contribution in [3.8, 4) is 5.69 Å². The summed E-state index contributed by atoms with van der Waals surface area (Å²) in [7, 11) is 0. The lowest BCUT2D eigenvalue weighted by Crippen LogP contribution is -2.24. The van der Waals surface area contributed by atoms with Gasteiger partial charge in [0, 0.05) is 11.6 Å². The van der Waals surface area contributed by atoms with Crippen LogP contribution in [0.4, 0.5) is 0 Å². The van der Waals surface area contributed by atoms with Gasteiger partial charge < -0.3 is 11.5 Å². The number of pyridine rings is 1. The maximum Gasteiger partial charge on any atom is 0.283 e. The van der Waals surface area contributed by atoms with Crippen LogP contribution in [0.1, 0.15) is 35.8 Å². The van der Waals surface area contributed by atoms with E-state index in [9.17, 15) is 4.79 Å². The van der Waals surface area contributed by atoms with Crippen LogP contribution in [0.2, 0.25) is 0 Å². The Hall–Kier alpha value is -2.64. The number of carbonyl (C=O) groups is 1. The molecule has 0 fully saturated rings. The third-order valence-electron chi connectivity index (χ3n) is 3.95. The lowest BCUT2D eigenvalue weighted by Gasteiger charge is -2.11. The first kappa shape index (κ1) is 22.4. The van der Waals surface area contributed by atoms with E-state index in [1.165, 1.54) is 6.20 Å². The molecule has 1 aromatic carbocycles. The molecular weight excluding hydrogens is 387 g/mol. The van der Waals surface area contributed by atoms with Crippen molar-refractivity contribution in [2.45, 2.75) is 26.2 Å². The van der Waals surface area contributed by atoms with Gasteiger partial charge in [0.1, 0.15) is 0 Å². The number of benzene rings is 1. The standard InChI is InChI=1S/C18H20N6O.2ClH/c1-2-3-8-16-13(17(25)23-18(19)20)11-22-24(16)15-9-4-7-14-12(15)6-5-10-21-14;;/h4-7,9-11H,2-3,8H2,1H3,(H4,19,20,23,25);2*1H. The Kier molecular flexibility index (Phi) is 8.21. The summed E-state index contributed by atoms with van der Waals surface area (Å²) < 4.78 is 1.79. The molecule has 144 valence electrons. The van der Waals surface area contributed by atoms with Gasteiger partial charge in [-0.3, -0.25) is 9.78 Å². The van der Waals surface area contributed by atoms with E-state index in [-0.39, 0.29) is 30.8 Å². The molecule has 0 atom stereocenters. The quantitative estimate of drug-likeness (QED) is 0.497. The second-order valence-electron chi connectivity index (χ2n) is 5.71. The van der Waals surface area contributed by atoms with Crippen LogP contribution >= 0.6 is 24.8 Å². The van der Waals surface area contributed by atoms with Crippen LogP contribution in [0.5, 0.6) is 0 Å². The largest absolute Gasteiger partial charge is 0.370 e. The van der Waals surface area contributed by atoms with Gasteiger partial charge in [-0.05, 0) is 37.1 Å². The fourth-order valence-corrected chi connectivity index (χ4v) is 2.79. The molecule has 3 aromatic rings. The number of carbonyl (C=O) groups excluding carboxylic acids is 1. The van der Waals surface area contributed by atoms with Gasteiger partial charge in [0.15, 0.2) is 5.96 Å². The first-order valence-electron chi connectivity index (χ1n) is 8.16. The van der Waals surface area contributed by atoms with Crippen LogP contribution in [0.3, 0.4) is 0 Å². The lowest BCUT2D eigenvalue weighted by molar-refractivity contribution is 0.100. The van der Waals surface area contributed by atoms with Crippen molar-refractivity contribution in [2.24, 2.45) is 16.5 Å². The van der Waals surface area contributed by atoms with E-state index in [1.54, 1.807) is 10.9 Å². The predicted molar refractivity (Wildman–Crippen MR) is 112 cm³/mol. The average molecular weight is 409 g/mol. The van der Waals surface area contributed by atoms with Gasteiger partial charge in [-0.1, -0.05) is 19.4 Å². The predicted octanol–water partition coefficient (Wildman–Crippen LogP) is 3.02. The number of hydrogen-bond donors (Lipinski definition) is 2. The van der Waals surface area contributed by atoms with Crippen LogP contribution in [0.25, 0.3) is 16.6 Å². The van der Waals surface area contributed by atoms with Crippen molar-refractivity contribution >= 4 is 47.6 Å². The number of hydrogen-bond acceptors (Lipinski definition) is 3. The number of amides is 1. The van der Waals surface area contributed by atoms with E-state index < -0.39 is 5.91 Å². The summed E-state index contributed by atoms with van der Waals surface area (Å²) in [5, 5.41) is 5.40. The summed E-state index contributed by atoms with van der Waals surface area (Å²) in [6, 6.07) is 9.70. The van der Waals surface area contributed by atoms with Gasteiger partial charge in [0.2, 0.25) is 0 Å². The Balaban J connectivity index is 0.00000182. The Labute approximate surface area is 169 Å². The van der Waals surface area contributed by atoms with Gasteiger partial charge in [-0.2, -0.15) is 10.1 Å². The second-order valence-corrected chi connectivity index (χ2v) is 5.71. The van der Waals surface area contributed by atoms with Gasteiger partial charge >= 0.3 is 0 Å². The minimum Gasteiger partial charge on any atom is -0.370 e. The molecule has 0 unspecified atom stereocenters. The Bertz CT molecular complexity index is 945. The maximum absolute atomic E-state index is 12.3. The topological polar surface area (TPSA) is 112 Å². The molecule has 0 aliphatic rings. The highest BCUT2D eigenvalue weighted by atomic mass is 35.5. The minimum absolute atomic E-state index is 0. The summed E-state index contributed by atoms with van der Waals surface area (Å²) >= 11 is 0. The molecule has 0 spiro atoms. The van der Waals surface area contributed by atoms with E-state index in [1.807, 2.05) is 30.3 Å². The molecule has 2 heterocycles.